The molecule has 1 saturated heterocycles. The first-order chi connectivity index (χ1) is 9.44. The van der Waals surface area contributed by atoms with Crippen LogP contribution in [0.4, 0.5) is 0 Å². The third-order valence-corrected chi connectivity index (χ3v) is 5.10. The van der Waals surface area contributed by atoms with Crippen molar-refractivity contribution in [2.24, 2.45) is 0 Å². The Hall–Kier alpha value is -0.450. The van der Waals surface area contributed by atoms with Crippen molar-refractivity contribution in [3.63, 3.8) is 0 Å². The van der Waals surface area contributed by atoms with Gasteiger partial charge in [-0.15, -0.1) is 0 Å². The lowest BCUT2D eigenvalue weighted by Gasteiger charge is -2.21. The zero-order valence-corrected chi connectivity index (χ0v) is 14.1. The highest BCUT2D eigenvalue weighted by molar-refractivity contribution is 8.00. The molecular weight excluding hydrogens is 268 g/mol. The van der Waals surface area contributed by atoms with E-state index < -0.39 is 0 Å². The van der Waals surface area contributed by atoms with Crippen molar-refractivity contribution in [2.75, 3.05) is 18.8 Å². The van der Waals surface area contributed by atoms with E-state index in [0.717, 1.165) is 25.4 Å². The zero-order valence-electron chi connectivity index (χ0n) is 13.2. The molecule has 1 fully saturated rings. The fourth-order valence-electron chi connectivity index (χ4n) is 2.36. The summed E-state index contributed by atoms with van der Waals surface area (Å²) >= 11 is 2.09. The molecule has 4 heteroatoms. The second-order valence-electron chi connectivity index (χ2n) is 6.59. The van der Waals surface area contributed by atoms with Crippen LogP contribution in [0.15, 0.2) is 16.7 Å². The summed E-state index contributed by atoms with van der Waals surface area (Å²) < 4.78 is 6.12. The Balaban J connectivity index is 1.84. The summed E-state index contributed by atoms with van der Waals surface area (Å²) in [6.07, 6.45) is 3.14. The van der Waals surface area contributed by atoms with Gasteiger partial charge in [-0.2, -0.15) is 11.8 Å². The molecule has 1 aromatic heterocycles. The predicted octanol–water partition coefficient (Wildman–Crippen LogP) is 3.50. The van der Waals surface area contributed by atoms with Crippen LogP contribution in [0.5, 0.6) is 0 Å². The van der Waals surface area contributed by atoms with Crippen molar-refractivity contribution in [3.05, 3.63) is 23.7 Å². The van der Waals surface area contributed by atoms with Gasteiger partial charge in [-0.25, -0.2) is 0 Å². The molecule has 2 heterocycles. The molecule has 0 aromatic carbocycles. The largest absolute Gasteiger partial charge is 0.468 e. The number of hydrogen-bond donors (Lipinski definition) is 1. The number of nitrogens with one attached hydrogen (secondary N) is 1. The predicted molar refractivity (Wildman–Crippen MR) is 87.1 cm³/mol. The van der Waals surface area contributed by atoms with E-state index in [1.807, 2.05) is 6.26 Å². The summed E-state index contributed by atoms with van der Waals surface area (Å²) in [5.41, 5.74) is 1.25. The summed E-state index contributed by atoms with van der Waals surface area (Å²) in [7, 11) is 0. The van der Waals surface area contributed by atoms with Crippen LogP contribution in [0.1, 0.15) is 45.4 Å². The van der Waals surface area contributed by atoms with Crippen molar-refractivity contribution < 1.29 is 4.42 Å². The van der Waals surface area contributed by atoms with E-state index in [9.17, 15) is 0 Å². The van der Waals surface area contributed by atoms with Crippen LogP contribution in [0.25, 0.3) is 0 Å². The highest BCUT2D eigenvalue weighted by atomic mass is 32.2. The van der Waals surface area contributed by atoms with E-state index in [-0.39, 0.29) is 0 Å². The highest BCUT2D eigenvalue weighted by Crippen LogP contribution is 2.31. The van der Waals surface area contributed by atoms with E-state index in [4.69, 9.17) is 4.42 Å². The summed E-state index contributed by atoms with van der Waals surface area (Å²) in [6.45, 7) is 13.2. The third-order valence-electron chi connectivity index (χ3n) is 3.73. The van der Waals surface area contributed by atoms with Crippen LogP contribution < -0.4 is 5.32 Å². The number of thioether (sulfide) groups is 1. The minimum absolute atomic E-state index is 0.421. The van der Waals surface area contributed by atoms with Crippen LogP contribution >= 0.6 is 11.8 Å². The monoisotopic (exact) mass is 296 g/mol. The molecule has 0 atom stereocenters. The fourth-order valence-corrected chi connectivity index (χ4v) is 3.50. The molecule has 0 radical (unpaired) electrons. The lowest BCUT2D eigenvalue weighted by atomic mass is 10.1. The Bertz CT molecular complexity index is 414. The molecule has 2 rings (SSSR count). The van der Waals surface area contributed by atoms with Crippen molar-refractivity contribution in [1.82, 2.24) is 10.2 Å². The summed E-state index contributed by atoms with van der Waals surface area (Å²) in [4.78, 5) is 2.51. The maximum atomic E-state index is 5.70. The van der Waals surface area contributed by atoms with Gasteiger partial charge in [0.2, 0.25) is 0 Å². The molecular formula is C16H28N2OS. The molecule has 0 spiro atoms. The second-order valence-corrected chi connectivity index (χ2v) is 8.39. The molecule has 0 amide bonds. The number of rotatable bonds is 5. The summed E-state index contributed by atoms with van der Waals surface area (Å²) in [5, 5.41) is 3.42. The van der Waals surface area contributed by atoms with E-state index in [1.165, 1.54) is 24.3 Å². The molecule has 0 saturated carbocycles. The van der Waals surface area contributed by atoms with Crippen molar-refractivity contribution in [2.45, 2.75) is 58.0 Å². The smallest absolute Gasteiger partial charge is 0.118 e. The van der Waals surface area contributed by atoms with Gasteiger partial charge in [0, 0.05) is 35.2 Å². The van der Waals surface area contributed by atoms with Crippen LogP contribution in [0.3, 0.4) is 0 Å². The Morgan fingerprint density at radius 1 is 1.40 bits per heavy atom. The van der Waals surface area contributed by atoms with Crippen molar-refractivity contribution in [1.29, 1.82) is 0 Å². The van der Waals surface area contributed by atoms with E-state index in [2.05, 4.69) is 55.7 Å². The van der Waals surface area contributed by atoms with E-state index in [0.29, 0.717) is 10.8 Å². The van der Waals surface area contributed by atoms with Crippen molar-refractivity contribution in [3.8, 4) is 0 Å². The Morgan fingerprint density at radius 2 is 2.20 bits per heavy atom. The summed E-state index contributed by atoms with van der Waals surface area (Å²) in [6, 6.07) is 2.71. The number of hydrogen-bond acceptors (Lipinski definition) is 4. The molecule has 0 unspecified atom stereocenters. The summed E-state index contributed by atoms with van der Waals surface area (Å²) in [5.74, 6) is 2.31. The molecule has 1 aromatic rings. The van der Waals surface area contributed by atoms with Gasteiger partial charge < -0.3 is 9.73 Å². The van der Waals surface area contributed by atoms with E-state index >= 15 is 0 Å². The first-order valence-electron chi connectivity index (χ1n) is 7.60. The molecule has 114 valence electrons. The van der Waals surface area contributed by atoms with Gasteiger partial charge in [-0.1, -0.05) is 27.7 Å². The lowest BCUT2D eigenvalue weighted by Crippen LogP contribution is -2.26. The molecule has 0 aliphatic carbocycles. The molecule has 1 N–H and O–H groups in total. The first-order valence-corrected chi connectivity index (χ1v) is 8.59. The topological polar surface area (TPSA) is 28.4 Å². The van der Waals surface area contributed by atoms with Gasteiger partial charge in [0.25, 0.3) is 0 Å². The average molecular weight is 296 g/mol. The zero-order chi connectivity index (χ0) is 14.6. The quantitative estimate of drug-likeness (QED) is 0.900. The van der Waals surface area contributed by atoms with Gasteiger partial charge in [-0.05, 0) is 19.0 Å². The number of furan rings is 1. The van der Waals surface area contributed by atoms with E-state index in [1.54, 1.807) is 0 Å². The highest BCUT2D eigenvalue weighted by Gasteiger charge is 2.23. The van der Waals surface area contributed by atoms with Crippen LogP contribution in [-0.2, 0) is 13.1 Å². The normalized spacial score (nSPS) is 20.2. The third kappa shape index (κ3) is 5.15. The van der Waals surface area contributed by atoms with Crippen LogP contribution in [0, 0.1) is 0 Å². The standard InChI is InChI=1S/C16H28N2OS/c1-13(2)17-10-14-9-15(19-12-14)11-18-6-5-16(3,4)20-8-7-18/h9,12-13,17H,5-8,10-11H2,1-4H3. The Kier molecular flexibility index (Phi) is 5.58. The molecule has 3 nitrogen and oxygen atoms in total. The van der Waals surface area contributed by atoms with Gasteiger partial charge in [-0.3, -0.25) is 4.90 Å². The van der Waals surface area contributed by atoms with Crippen molar-refractivity contribution >= 4 is 11.8 Å². The number of nitrogens with zero attached hydrogens (tertiary/aromatic N) is 1. The molecule has 0 bridgehead atoms. The van der Waals surface area contributed by atoms with Gasteiger partial charge in [0.1, 0.15) is 5.76 Å². The molecule has 1 aliphatic rings. The maximum Gasteiger partial charge on any atom is 0.118 e. The average Bonchev–Trinajstić information content (AvgIpc) is 2.73. The Labute approximate surface area is 127 Å². The van der Waals surface area contributed by atoms with Gasteiger partial charge in [0.15, 0.2) is 0 Å². The molecule has 1 aliphatic heterocycles. The van der Waals surface area contributed by atoms with Gasteiger partial charge in [0.05, 0.1) is 12.8 Å². The first kappa shape index (κ1) is 15.9. The Morgan fingerprint density at radius 3 is 2.95 bits per heavy atom. The minimum atomic E-state index is 0.421. The lowest BCUT2D eigenvalue weighted by molar-refractivity contribution is 0.253. The minimum Gasteiger partial charge on any atom is -0.468 e. The fraction of sp³-hybridized carbons (Fsp3) is 0.750. The SMILES string of the molecule is CC(C)NCc1coc(CN2CCSC(C)(C)CC2)c1. The maximum absolute atomic E-state index is 5.70. The second kappa shape index (κ2) is 7.01. The van der Waals surface area contributed by atoms with Crippen LogP contribution in [-0.4, -0.2) is 34.5 Å². The van der Waals surface area contributed by atoms with Gasteiger partial charge >= 0.3 is 0 Å². The molecule has 20 heavy (non-hydrogen) atoms. The van der Waals surface area contributed by atoms with Crippen LogP contribution in [0.2, 0.25) is 0 Å².